The number of aromatic nitrogens is 2. The second-order valence-corrected chi connectivity index (χ2v) is 9.14. The van der Waals surface area contributed by atoms with Crippen LogP contribution in [0.1, 0.15) is 22.3 Å². The zero-order valence-electron chi connectivity index (χ0n) is 18.2. The second-order valence-electron chi connectivity index (χ2n) is 9.14. The predicted octanol–water partition coefficient (Wildman–Crippen LogP) is 2.01. The summed E-state index contributed by atoms with van der Waals surface area (Å²) in [4.78, 5) is 30.4. The minimum Gasteiger partial charge on any atom is -0.360 e. The van der Waals surface area contributed by atoms with Crippen LogP contribution in [0.4, 0.5) is 0 Å². The molecule has 2 aromatic rings. The third-order valence-corrected chi connectivity index (χ3v) is 7.00. The monoisotopic (exact) mass is 420 g/mol. The number of carbonyl (C=O) groups is 2. The topological polar surface area (TPSA) is 78.5 Å². The third-order valence-electron chi connectivity index (χ3n) is 7.00. The molecule has 2 saturated heterocycles. The van der Waals surface area contributed by atoms with Gasteiger partial charge in [-0.15, -0.1) is 0 Å². The van der Waals surface area contributed by atoms with Crippen LogP contribution < -0.4 is 0 Å². The van der Waals surface area contributed by atoms with Crippen molar-refractivity contribution in [2.24, 2.45) is 11.8 Å². The Hall–Kier alpha value is -2.93. The molecule has 5 rings (SSSR count). The number of hydrogen-bond acceptors (Lipinski definition) is 4. The van der Waals surface area contributed by atoms with Crippen LogP contribution in [0.3, 0.4) is 0 Å². The molecule has 1 aromatic heterocycles. The van der Waals surface area contributed by atoms with Crippen LogP contribution in [0.5, 0.6) is 0 Å². The van der Waals surface area contributed by atoms with Crippen molar-refractivity contribution in [3.8, 4) is 0 Å². The maximum atomic E-state index is 13.5. The van der Waals surface area contributed by atoms with Crippen LogP contribution in [0.2, 0.25) is 0 Å². The maximum absolute atomic E-state index is 13.5. The van der Waals surface area contributed by atoms with Crippen LogP contribution in [0.15, 0.2) is 42.7 Å². The summed E-state index contributed by atoms with van der Waals surface area (Å²) in [5.74, 6) is -0.909. The fourth-order valence-electron chi connectivity index (χ4n) is 5.25. The van der Waals surface area contributed by atoms with E-state index < -0.39 is 17.4 Å². The molecule has 1 aromatic carbocycles. The summed E-state index contributed by atoms with van der Waals surface area (Å²) in [5, 5.41) is 6.75. The van der Waals surface area contributed by atoms with Gasteiger partial charge in [-0.1, -0.05) is 35.9 Å². The van der Waals surface area contributed by atoms with Crippen molar-refractivity contribution >= 4 is 11.8 Å². The Balaban J connectivity index is 1.33. The van der Waals surface area contributed by atoms with E-state index in [9.17, 15) is 9.59 Å². The average molecular weight is 421 g/mol. The molecular formula is C24H28N4O3. The molecule has 31 heavy (non-hydrogen) atoms. The number of benzene rings is 1. The second kappa shape index (κ2) is 7.34. The van der Waals surface area contributed by atoms with Crippen molar-refractivity contribution in [3.63, 3.8) is 0 Å². The quantitative estimate of drug-likeness (QED) is 0.725. The van der Waals surface area contributed by atoms with Crippen molar-refractivity contribution in [1.29, 1.82) is 0 Å². The number of nitrogens with one attached hydrogen (secondary N) is 1. The number of nitrogens with zero attached hydrogens (tertiary/aromatic N) is 3. The Labute approximate surface area is 182 Å². The van der Waals surface area contributed by atoms with Gasteiger partial charge in [0.1, 0.15) is 5.60 Å². The highest BCUT2D eigenvalue weighted by Gasteiger charge is 2.67. The number of H-pyrrole nitrogens is 1. The van der Waals surface area contributed by atoms with Gasteiger partial charge in [0, 0.05) is 26.3 Å². The smallest absolute Gasteiger partial charge is 0.230 e. The van der Waals surface area contributed by atoms with E-state index in [1.807, 2.05) is 23.2 Å². The van der Waals surface area contributed by atoms with Gasteiger partial charge in [0.05, 0.1) is 30.7 Å². The molecule has 162 valence electrons. The number of likely N-dealkylation sites (tertiary alicyclic amines) is 1. The van der Waals surface area contributed by atoms with Gasteiger partial charge in [-0.25, -0.2) is 0 Å². The van der Waals surface area contributed by atoms with Crippen LogP contribution >= 0.6 is 0 Å². The van der Waals surface area contributed by atoms with E-state index in [-0.39, 0.29) is 17.9 Å². The molecule has 2 fully saturated rings. The largest absolute Gasteiger partial charge is 0.360 e. The van der Waals surface area contributed by atoms with Crippen molar-refractivity contribution in [3.05, 3.63) is 65.0 Å². The van der Waals surface area contributed by atoms with Crippen LogP contribution in [-0.4, -0.2) is 63.7 Å². The summed E-state index contributed by atoms with van der Waals surface area (Å²) in [7, 11) is 1.80. The summed E-state index contributed by atoms with van der Waals surface area (Å²) < 4.78 is 6.27. The van der Waals surface area contributed by atoms with Crippen LogP contribution in [-0.2, 0) is 27.3 Å². The Morgan fingerprint density at radius 3 is 3.00 bits per heavy atom. The molecule has 7 nitrogen and oxygen atoms in total. The first kappa shape index (κ1) is 20.0. The normalized spacial score (nSPS) is 28.4. The Bertz CT molecular complexity index is 1050. The van der Waals surface area contributed by atoms with Crippen LogP contribution in [0, 0.1) is 25.7 Å². The average Bonchev–Trinajstić information content (AvgIpc) is 3.51. The predicted molar refractivity (Wildman–Crippen MR) is 115 cm³/mol. The maximum Gasteiger partial charge on any atom is 0.230 e. The number of fused-ring (bicyclic) bond motifs is 1. The first-order chi connectivity index (χ1) is 14.9. The number of aryl methyl sites for hydroxylation is 2. The number of rotatable bonds is 6. The lowest BCUT2D eigenvalue weighted by molar-refractivity contribution is -0.142. The van der Waals surface area contributed by atoms with E-state index in [0.29, 0.717) is 19.6 Å². The van der Waals surface area contributed by atoms with E-state index in [1.54, 1.807) is 18.1 Å². The van der Waals surface area contributed by atoms with Gasteiger partial charge in [-0.2, -0.15) is 5.10 Å². The highest BCUT2D eigenvalue weighted by atomic mass is 16.5. The molecule has 1 spiro atoms. The summed E-state index contributed by atoms with van der Waals surface area (Å²) in [6.07, 6.45) is 7.98. The lowest BCUT2D eigenvalue weighted by atomic mass is 9.76. The van der Waals surface area contributed by atoms with E-state index in [0.717, 1.165) is 17.5 Å². The number of ether oxygens (including phenoxy) is 1. The lowest BCUT2D eigenvalue weighted by Crippen LogP contribution is -2.45. The molecular weight excluding hydrogens is 392 g/mol. The van der Waals surface area contributed by atoms with E-state index in [1.165, 1.54) is 11.1 Å². The van der Waals surface area contributed by atoms with Crippen molar-refractivity contribution in [2.45, 2.75) is 38.5 Å². The van der Waals surface area contributed by atoms with Gasteiger partial charge in [0.15, 0.2) is 0 Å². The third kappa shape index (κ3) is 3.28. The number of likely N-dealkylation sites (N-methyl/N-ethyl adjacent to an activating group) is 1. The molecule has 3 aliphatic rings. The first-order valence-electron chi connectivity index (χ1n) is 10.8. The lowest BCUT2D eigenvalue weighted by Gasteiger charge is -2.27. The Kier molecular flexibility index (Phi) is 4.73. The molecule has 0 radical (unpaired) electrons. The Morgan fingerprint density at radius 2 is 2.23 bits per heavy atom. The number of aromatic amines is 1. The fraction of sp³-hybridized carbons (Fsp3) is 0.458. The van der Waals surface area contributed by atoms with E-state index >= 15 is 0 Å². The summed E-state index contributed by atoms with van der Waals surface area (Å²) >= 11 is 0. The SMILES string of the molecule is Cc1ccc(C)c(CN2C[C@]34C=C[C@H](O3)[C@@H](C(=O)N(C)CCc3cn[nH]c3)[C@H]4C2=O)c1. The summed E-state index contributed by atoms with van der Waals surface area (Å²) in [5.41, 5.74) is 3.86. The molecule has 2 amide bonds. The first-order valence-corrected chi connectivity index (χ1v) is 10.8. The van der Waals surface area contributed by atoms with E-state index in [2.05, 4.69) is 42.2 Å². The molecule has 7 heteroatoms. The highest BCUT2D eigenvalue weighted by Crippen LogP contribution is 2.52. The Morgan fingerprint density at radius 1 is 1.39 bits per heavy atom. The van der Waals surface area contributed by atoms with Gasteiger partial charge >= 0.3 is 0 Å². The van der Waals surface area contributed by atoms with Crippen molar-refractivity contribution < 1.29 is 14.3 Å². The zero-order valence-corrected chi connectivity index (χ0v) is 18.2. The van der Waals surface area contributed by atoms with Crippen molar-refractivity contribution in [1.82, 2.24) is 20.0 Å². The molecule has 0 saturated carbocycles. The van der Waals surface area contributed by atoms with Gasteiger partial charge in [-0.3, -0.25) is 14.7 Å². The fourth-order valence-corrected chi connectivity index (χ4v) is 5.25. The van der Waals surface area contributed by atoms with Crippen LogP contribution in [0.25, 0.3) is 0 Å². The molecule has 3 aliphatic heterocycles. The molecule has 0 unspecified atom stereocenters. The summed E-state index contributed by atoms with van der Waals surface area (Å²) in [6, 6.07) is 6.31. The zero-order chi connectivity index (χ0) is 21.8. The molecule has 1 N–H and O–H groups in total. The van der Waals surface area contributed by atoms with Gasteiger partial charge < -0.3 is 14.5 Å². The van der Waals surface area contributed by atoms with Gasteiger partial charge in [0.25, 0.3) is 0 Å². The van der Waals surface area contributed by atoms with Gasteiger partial charge in [0.2, 0.25) is 11.8 Å². The number of carbonyl (C=O) groups excluding carboxylic acids is 2. The van der Waals surface area contributed by atoms with Gasteiger partial charge in [-0.05, 0) is 37.0 Å². The molecule has 0 aliphatic carbocycles. The van der Waals surface area contributed by atoms with E-state index in [4.69, 9.17) is 4.74 Å². The molecule has 4 atom stereocenters. The number of amides is 2. The van der Waals surface area contributed by atoms with Crippen molar-refractivity contribution in [2.75, 3.05) is 20.1 Å². The minimum absolute atomic E-state index is 0.0216. The molecule has 2 bridgehead atoms. The molecule has 4 heterocycles. The standard InChI is InChI=1S/C24H28N4O3/c1-15-4-5-16(2)18(10-15)13-28-14-24-8-6-19(31-24)20(21(24)23(28)30)22(29)27(3)9-7-17-11-25-26-12-17/h4-6,8,10-12,19-21H,7,9,13-14H2,1-3H3,(H,25,26)/t19-,20+,21-,24-/m0/s1. The summed E-state index contributed by atoms with van der Waals surface area (Å²) in [6.45, 7) is 5.75. The highest BCUT2D eigenvalue weighted by molar-refractivity contribution is 5.93. The number of hydrogen-bond donors (Lipinski definition) is 1. The minimum atomic E-state index is -0.675.